The lowest BCUT2D eigenvalue weighted by molar-refractivity contribution is -0.153. The lowest BCUT2D eigenvalue weighted by Gasteiger charge is -2.23. The maximum absolute atomic E-state index is 12.8. The Bertz CT molecular complexity index is 1020. The number of esters is 1. The monoisotopic (exact) mass is 486 g/mol. The summed E-state index contributed by atoms with van der Waals surface area (Å²) in [5, 5.41) is 3.85. The van der Waals surface area contributed by atoms with Crippen LogP contribution in [0.5, 0.6) is 11.5 Å². The third kappa shape index (κ3) is 7.43. The summed E-state index contributed by atoms with van der Waals surface area (Å²) in [6.07, 6.45) is 1.55. The van der Waals surface area contributed by atoms with E-state index in [0.29, 0.717) is 16.5 Å². The Balaban J connectivity index is 2.32. The van der Waals surface area contributed by atoms with Gasteiger partial charge in [0, 0.05) is 17.8 Å². The van der Waals surface area contributed by atoms with E-state index in [1.807, 2.05) is 13.8 Å². The van der Waals surface area contributed by atoms with E-state index in [1.54, 1.807) is 45.2 Å². The zero-order valence-corrected chi connectivity index (χ0v) is 19.7. The zero-order valence-electron chi connectivity index (χ0n) is 19.7. The van der Waals surface area contributed by atoms with E-state index in [4.69, 9.17) is 10.5 Å². The number of alkyl halides is 4. The van der Waals surface area contributed by atoms with Crippen LogP contribution in [0.3, 0.4) is 0 Å². The van der Waals surface area contributed by atoms with Crippen molar-refractivity contribution in [1.29, 1.82) is 0 Å². The summed E-state index contributed by atoms with van der Waals surface area (Å²) in [4.78, 5) is 11.9. The van der Waals surface area contributed by atoms with E-state index in [2.05, 4.69) is 14.8 Å². The van der Waals surface area contributed by atoms with Crippen molar-refractivity contribution in [2.75, 3.05) is 6.73 Å². The molecule has 0 aliphatic rings. The van der Waals surface area contributed by atoms with Crippen LogP contribution in [0.25, 0.3) is 10.8 Å². The van der Waals surface area contributed by atoms with Crippen molar-refractivity contribution in [3.63, 3.8) is 0 Å². The van der Waals surface area contributed by atoms with Gasteiger partial charge in [-0.3, -0.25) is 4.79 Å². The molecule has 0 aliphatic heterocycles. The number of carbonyl (C=O) groups is 1. The fourth-order valence-corrected chi connectivity index (χ4v) is 3.38. The Morgan fingerprint density at radius 2 is 1.56 bits per heavy atom. The molecule has 1 unspecified atom stereocenters. The van der Waals surface area contributed by atoms with Gasteiger partial charge in [0.15, 0.2) is 18.2 Å². The van der Waals surface area contributed by atoms with Crippen molar-refractivity contribution in [3.05, 3.63) is 47.8 Å². The summed E-state index contributed by atoms with van der Waals surface area (Å²) in [6, 6.07) is 7.61. The van der Waals surface area contributed by atoms with Gasteiger partial charge >= 0.3 is 19.2 Å². The highest BCUT2D eigenvalue weighted by molar-refractivity contribution is 5.87. The summed E-state index contributed by atoms with van der Waals surface area (Å²) >= 11 is 0. The molecule has 0 spiro atoms. The van der Waals surface area contributed by atoms with Crippen LogP contribution >= 0.6 is 0 Å². The van der Waals surface area contributed by atoms with E-state index >= 15 is 0 Å². The molecule has 0 radical (unpaired) electrons. The molecule has 10 heteroatoms. The first-order valence-corrected chi connectivity index (χ1v) is 10.6. The average molecular weight is 487 g/mol. The van der Waals surface area contributed by atoms with Gasteiger partial charge in [0.1, 0.15) is 0 Å². The lowest BCUT2D eigenvalue weighted by atomic mass is 9.85. The number of carbonyl (C=O) groups excluding carboxylic acids is 1. The van der Waals surface area contributed by atoms with Gasteiger partial charge in [-0.25, -0.2) is 0 Å². The van der Waals surface area contributed by atoms with Crippen LogP contribution in [-0.4, -0.2) is 25.9 Å². The van der Waals surface area contributed by atoms with Crippen LogP contribution in [-0.2, 0) is 9.53 Å². The largest absolute Gasteiger partial charge is 0.444 e. The number of allylic oxidation sites excluding steroid dienone is 1. The van der Waals surface area contributed by atoms with Gasteiger partial charge in [-0.15, -0.1) is 0 Å². The van der Waals surface area contributed by atoms with Gasteiger partial charge in [0.25, 0.3) is 0 Å². The first-order chi connectivity index (χ1) is 15.8. The number of fused-ring (bicyclic) bond motifs is 1. The highest BCUT2D eigenvalue weighted by atomic mass is 19.3. The van der Waals surface area contributed by atoms with Crippen LogP contribution in [0.2, 0.25) is 0 Å². The van der Waals surface area contributed by atoms with E-state index in [0.717, 1.165) is 5.56 Å². The third-order valence-electron chi connectivity index (χ3n) is 4.91. The maximum Gasteiger partial charge on any atom is 0.387 e. The molecule has 0 bridgehead atoms. The second kappa shape index (κ2) is 11.3. The zero-order chi connectivity index (χ0) is 25.6. The molecule has 6 nitrogen and oxygen atoms in total. The first kappa shape index (κ1) is 27.1. The molecule has 2 aromatic rings. The van der Waals surface area contributed by atoms with Gasteiger partial charge in [0.05, 0.1) is 5.41 Å². The van der Waals surface area contributed by atoms with Gasteiger partial charge in [-0.2, -0.15) is 17.6 Å². The molecule has 188 valence electrons. The molecule has 34 heavy (non-hydrogen) atoms. The number of rotatable bonds is 10. The predicted molar refractivity (Wildman–Crippen MR) is 121 cm³/mol. The molecule has 1 atom stereocenters. The van der Waals surface area contributed by atoms with E-state index in [9.17, 15) is 22.4 Å². The SMILES string of the molecule is CC(C)C(/C(N)=C/NCOC(=O)C(C)(C)C)c1ccc2cc(OC(F)F)c(OC(F)F)cc2c1. The normalized spacial score (nSPS) is 13.5. The summed E-state index contributed by atoms with van der Waals surface area (Å²) in [5.41, 5.74) is 6.91. The van der Waals surface area contributed by atoms with Gasteiger partial charge < -0.3 is 25.3 Å². The quantitative estimate of drug-likeness (QED) is 0.194. The number of nitrogens with one attached hydrogen (secondary N) is 1. The smallest absolute Gasteiger partial charge is 0.387 e. The summed E-state index contributed by atoms with van der Waals surface area (Å²) in [6.45, 7) is 2.70. The van der Waals surface area contributed by atoms with Crippen LogP contribution in [0, 0.1) is 11.3 Å². The molecular formula is C24H30F4N2O4. The minimum absolute atomic E-state index is 0.0471. The summed E-state index contributed by atoms with van der Waals surface area (Å²) in [7, 11) is 0. The predicted octanol–water partition coefficient (Wildman–Crippen LogP) is 5.72. The standard InChI is InChI=1S/C24H30F4N2O4/c1-13(2)20(17(29)11-30-12-32-21(31)24(3,4)5)15-7-6-14-9-18(33-22(25)26)19(34-23(27)28)10-16(14)8-15/h6-11,13,20,22-23,30H,12,29H2,1-5H3/b17-11-. The van der Waals surface area contributed by atoms with Crippen LogP contribution < -0.4 is 20.5 Å². The molecule has 0 saturated carbocycles. The molecule has 3 N–H and O–H groups in total. The van der Waals surface area contributed by atoms with Crippen molar-refractivity contribution >= 4 is 16.7 Å². The van der Waals surface area contributed by atoms with E-state index < -0.39 is 30.1 Å². The molecule has 0 amide bonds. The van der Waals surface area contributed by atoms with Crippen molar-refractivity contribution in [2.45, 2.75) is 53.8 Å². The van der Waals surface area contributed by atoms with Crippen LogP contribution in [0.1, 0.15) is 46.1 Å². The number of hydrogen-bond acceptors (Lipinski definition) is 6. The lowest BCUT2D eigenvalue weighted by Crippen LogP contribution is -2.27. The van der Waals surface area contributed by atoms with Crippen molar-refractivity contribution in [1.82, 2.24) is 5.32 Å². The topological polar surface area (TPSA) is 82.8 Å². The van der Waals surface area contributed by atoms with Crippen LogP contribution in [0.4, 0.5) is 17.6 Å². The van der Waals surface area contributed by atoms with Gasteiger partial charge in [-0.1, -0.05) is 32.0 Å². The fourth-order valence-electron chi connectivity index (χ4n) is 3.38. The molecule has 0 saturated heterocycles. The van der Waals surface area contributed by atoms with E-state index in [1.165, 1.54) is 12.1 Å². The number of hydrogen-bond donors (Lipinski definition) is 2. The minimum Gasteiger partial charge on any atom is -0.444 e. The molecule has 0 aliphatic carbocycles. The van der Waals surface area contributed by atoms with Crippen LogP contribution in [0.15, 0.2) is 42.2 Å². The average Bonchev–Trinajstić information content (AvgIpc) is 2.70. The van der Waals surface area contributed by atoms with Crippen molar-refractivity contribution in [3.8, 4) is 11.5 Å². The van der Waals surface area contributed by atoms with Gasteiger partial charge in [0.2, 0.25) is 0 Å². The number of benzene rings is 2. The molecule has 2 aromatic carbocycles. The van der Waals surface area contributed by atoms with E-state index in [-0.39, 0.29) is 24.5 Å². The highest BCUT2D eigenvalue weighted by Gasteiger charge is 2.23. The maximum atomic E-state index is 12.8. The number of nitrogens with two attached hydrogens (primary N) is 1. The highest BCUT2D eigenvalue weighted by Crippen LogP contribution is 2.37. The second-order valence-corrected chi connectivity index (χ2v) is 9.06. The molecule has 0 heterocycles. The fraction of sp³-hybridized carbons (Fsp3) is 0.458. The third-order valence-corrected chi connectivity index (χ3v) is 4.91. The Labute approximate surface area is 196 Å². The minimum atomic E-state index is -3.21. The number of halogens is 4. The van der Waals surface area contributed by atoms with Crippen molar-refractivity contribution in [2.24, 2.45) is 17.1 Å². The number of ether oxygens (including phenoxy) is 3. The molecule has 2 rings (SSSR count). The first-order valence-electron chi connectivity index (χ1n) is 10.6. The van der Waals surface area contributed by atoms with Gasteiger partial charge in [-0.05, 0) is 55.2 Å². The summed E-state index contributed by atoms with van der Waals surface area (Å²) < 4.78 is 64.8. The van der Waals surface area contributed by atoms with Crippen molar-refractivity contribution < 1.29 is 36.6 Å². The summed E-state index contributed by atoms with van der Waals surface area (Å²) in [5.74, 6) is -1.56. The second-order valence-electron chi connectivity index (χ2n) is 9.06. The molecule has 0 fully saturated rings. The molecular weight excluding hydrogens is 456 g/mol. The Morgan fingerprint density at radius 1 is 1.00 bits per heavy atom. The Morgan fingerprint density at radius 3 is 2.06 bits per heavy atom. The Hall–Kier alpha value is -3.17. The molecule has 0 aromatic heterocycles. The Kier molecular flexibility index (Phi) is 9.00.